The van der Waals surface area contributed by atoms with Crippen molar-refractivity contribution >= 4 is 21.8 Å². The number of hydrogen-bond donors (Lipinski definition) is 1. The Hall–Kier alpha value is -1.44. The van der Waals surface area contributed by atoms with E-state index in [9.17, 15) is 17.2 Å². The topological polar surface area (TPSA) is 46.2 Å². The molecular weight excluding hydrogens is 328 g/mol. The summed E-state index contributed by atoms with van der Waals surface area (Å²) in [5, 5.41) is 0. The molecular formula is C15H15F2NO2S2. The van der Waals surface area contributed by atoms with Crippen molar-refractivity contribution in [2.45, 2.75) is 10.6 Å². The Balaban J connectivity index is 1.86. The van der Waals surface area contributed by atoms with Crippen molar-refractivity contribution in [2.24, 2.45) is 0 Å². The zero-order chi connectivity index (χ0) is 16.0. The standard InChI is InChI=1S/C15H15F2NO2S2/c16-13-7-4-8-14(17)15(13)22(19,20)18-9-10-21-11-12-5-2-1-3-6-12/h1-8,18H,9-11H2. The van der Waals surface area contributed by atoms with Gasteiger partial charge >= 0.3 is 0 Å². The lowest BCUT2D eigenvalue weighted by atomic mass is 10.2. The maximum absolute atomic E-state index is 13.5. The fraction of sp³-hybridized carbons (Fsp3) is 0.200. The predicted octanol–water partition coefficient (Wildman–Crippen LogP) is 3.18. The van der Waals surface area contributed by atoms with E-state index in [0.717, 1.165) is 29.5 Å². The number of sulfonamides is 1. The average molecular weight is 343 g/mol. The molecule has 22 heavy (non-hydrogen) atoms. The van der Waals surface area contributed by atoms with Gasteiger partial charge in [0.15, 0.2) is 4.90 Å². The summed E-state index contributed by atoms with van der Waals surface area (Å²) in [6, 6.07) is 12.7. The number of nitrogens with one attached hydrogen (secondary N) is 1. The van der Waals surface area contributed by atoms with E-state index in [1.807, 2.05) is 30.3 Å². The molecule has 2 rings (SSSR count). The first-order valence-corrected chi connectivity index (χ1v) is 9.20. The third-order valence-corrected chi connectivity index (χ3v) is 5.38. The lowest BCUT2D eigenvalue weighted by molar-refractivity contribution is 0.515. The summed E-state index contributed by atoms with van der Waals surface area (Å²) in [4.78, 5) is -0.928. The summed E-state index contributed by atoms with van der Waals surface area (Å²) >= 11 is 1.54. The molecule has 0 saturated heterocycles. The molecule has 3 nitrogen and oxygen atoms in total. The number of halogens is 2. The summed E-state index contributed by atoms with van der Waals surface area (Å²) in [5.74, 6) is -0.935. The van der Waals surface area contributed by atoms with Gasteiger partial charge < -0.3 is 0 Å². The number of thioether (sulfide) groups is 1. The van der Waals surface area contributed by atoms with Crippen LogP contribution in [0.3, 0.4) is 0 Å². The molecule has 0 aliphatic carbocycles. The maximum atomic E-state index is 13.5. The van der Waals surface area contributed by atoms with Crippen molar-refractivity contribution in [3.63, 3.8) is 0 Å². The molecule has 2 aromatic carbocycles. The van der Waals surface area contributed by atoms with Crippen LogP contribution in [0.4, 0.5) is 8.78 Å². The summed E-state index contributed by atoms with van der Waals surface area (Å²) in [5.41, 5.74) is 1.13. The molecule has 0 aromatic heterocycles. The highest BCUT2D eigenvalue weighted by atomic mass is 32.2. The summed E-state index contributed by atoms with van der Waals surface area (Å²) in [6.45, 7) is 0.105. The molecule has 0 heterocycles. The average Bonchev–Trinajstić information content (AvgIpc) is 2.47. The molecule has 1 N–H and O–H groups in total. The van der Waals surface area contributed by atoms with Gasteiger partial charge in [-0.25, -0.2) is 21.9 Å². The highest BCUT2D eigenvalue weighted by molar-refractivity contribution is 7.98. The molecule has 0 amide bonds. The van der Waals surface area contributed by atoms with Crippen LogP contribution < -0.4 is 4.72 Å². The minimum absolute atomic E-state index is 0.105. The quantitative estimate of drug-likeness (QED) is 0.786. The maximum Gasteiger partial charge on any atom is 0.246 e. The van der Waals surface area contributed by atoms with Crippen LogP contribution in [0, 0.1) is 11.6 Å². The van der Waals surface area contributed by atoms with Crippen LogP contribution in [0.25, 0.3) is 0 Å². The van der Waals surface area contributed by atoms with Gasteiger partial charge in [-0.2, -0.15) is 11.8 Å². The minimum atomic E-state index is -4.18. The van der Waals surface area contributed by atoms with Crippen LogP contribution >= 0.6 is 11.8 Å². The largest absolute Gasteiger partial charge is 0.246 e. The molecule has 0 unspecified atom stereocenters. The zero-order valence-corrected chi connectivity index (χ0v) is 13.3. The van der Waals surface area contributed by atoms with Gasteiger partial charge in [0.1, 0.15) is 11.6 Å². The van der Waals surface area contributed by atoms with E-state index in [1.54, 1.807) is 0 Å². The lowest BCUT2D eigenvalue weighted by Gasteiger charge is -2.08. The Morgan fingerprint density at radius 1 is 0.955 bits per heavy atom. The molecule has 0 radical (unpaired) electrons. The Morgan fingerprint density at radius 3 is 2.23 bits per heavy atom. The number of benzene rings is 2. The van der Waals surface area contributed by atoms with E-state index in [2.05, 4.69) is 4.72 Å². The first-order chi connectivity index (χ1) is 10.5. The van der Waals surface area contributed by atoms with Crippen LogP contribution in [-0.4, -0.2) is 20.7 Å². The summed E-state index contributed by atoms with van der Waals surface area (Å²) in [6.07, 6.45) is 0. The van der Waals surface area contributed by atoms with E-state index >= 15 is 0 Å². The number of hydrogen-bond acceptors (Lipinski definition) is 3. The van der Waals surface area contributed by atoms with E-state index in [0.29, 0.717) is 5.75 Å². The molecule has 0 spiro atoms. The Kier molecular flexibility index (Phi) is 5.93. The van der Waals surface area contributed by atoms with Gasteiger partial charge in [-0.05, 0) is 17.7 Å². The molecule has 0 aliphatic rings. The zero-order valence-electron chi connectivity index (χ0n) is 11.6. The Bertz CT molecular complexity index is 701. The molecule has 0 atom stereocenters. The van der Waals surface area contributed by atoms with Gasteiger partial charge in [-0.3, -0.25) is 0 Å². The second-order valence-corrected chi connectivity index (χ2v) is 7.30. The van der Waals surface area contributed by atoms with Crippen molar-refractivity contribution in [3.8, 4) is 0 Å². The molecule has 0 bridgehead atoms. The van der Waals surface area contributed by atoms with Gasteiger partial charge in [0, 0.05) is 18.1 Å². The molecule has 0 saturated carbocycles. The predicted molar refractivity (Wildman–Crippen MR) is 84.2 cm³/mol. The lowest BCUT2D eigenvalue weighted by Crippen LogP contribution is -2.27. The van der Waals surface area contributed by atoms with Crippen LogP contribution in [0.15, 0.2) is 53.4 Å². The van der Waals surface area contributed by atoms with Crippen LogP contribution in [0.5, 0.6) is 0 Å². The van der Waals surface area contributed by atoms with Gasteiger partial charge in [-0.15, -0.1) is 0 Å². The summed E-state index contributed by atoms with van der Waals surface area (Å²) in [7, 11) is -4.18. The molecule has 2 aromatic rings. The molecule has 0 aliphatic heterocycles. The van der Waals surface area contributed by atoms with Crippen LogP contribution in [0.2, 0.25) is 0 Å². The van der Waals surface area contributed by atoms with E-state index in [1.165, 1.54) is 11.8 Å². The SMILES string of the molecule is O=S(=O)(NCCSCc1ccccc1)c1c(F)cccc1F. The molecule has 0 fully saturated rings. The first-order valence-electron chi connectivity index (χ1n) is 6.56. The van der Waals surface area contributed by atoms with Crippen molar-refractivity contribution in [2.75, 3.05) is 12.3 Å². The fourth-order valence-corrected chi connectivity index (χ4v) is 3.94. The van der Waals surface area contributed by atoms with E-state index in [-0.39, 0.29) is 6.54 Å². The summed E-state index contributed by atoms with van der Waals surface area (Å²) < 4.78 is 53.0. The number of rotatable bonds is 7. The van der Waals surface area contributed by atoms with Crippen molar-refractivity contribution in [1.82, 2.24) is 4.72 Å². The van der Waals surface area contributed by atoms with Crippen molar-refractivity contribution in [3.05, 3.63) is 65.7 Å². The van der Waals surface area contributed by atoms with E-state index < -0.39 is 26.6 Å². The molecule has 118 valence electrons. The fourth-order valence-electron chi connectivity index (χ4n) is 1.82. The Labute approximate surface area is 132 Å². The van der Waals surface area contributed by atoms with Crippen molar-refractivity contribution in [1.29, 1.82) is 0 Å². The van der Waals surface area contributed by atoms with Gasteiger partial charge in [0.05, 0.1) is 0 Å². The third kappa shape index (κ3) is 4.53. The minimum Gasteiger partial charge on any atom is -0.210 e. The second kappa shape index (κ2) is 7.71. The van der Waals surface area contributed by atoms with Crippen molar-refractivity contribution < 1.29 is 17.2 Å². The highest BCUT2D eigenvalue weighted by Crippen LogP contribution is 2.18. The Morgan fingerprint density at radius 2 is 1.59 bits per heavy atom. The van der Waals surface area contributed by atoms with Crippen LogP contribution in [-0.2, 0) is 15.8 Å². The normalized spacial score (nSPS) is 11.5. The third-order valence-electron chi connectivity index (χ3n) is 2.84. The highest BCUT2D eigenvalue weighted by Gasteiger charge is 2.22. The van der Waals surface area contributed by atoms with Gasteiger partial charge in [0.25, 0.3) is 0 Å². The van der Waals surface area contributed by atoms with E-state index in [4.69, 9.17) is 0 Å². The molecule has 7 heteroatoms. The smallest absolute Gasteiger partial charge is 0.210 e. The van der Waals surface area contributed by atoms with Gasteiger partial charge in [-0.1, -0.05) is 36.4 Å². The van der Waals surface area contributed by atoms with Gasteiger partial charge in [0.2, 0.25) is 10.0 Å². The second-order valence-electron chi connectivity index (χ2n) is 4.49. The van der Waals surface area contributed by atoms with Crippen LogP contribution in [0.1, 0.15) is 5.56 Å². The first kappa shape index (κ1) is 16.9. The monoisotopic (exact) mass is 343 g/mol.